The Morgan fingerprint density at radius 2 is 1.73 bits per heavy atom. The Hall–Kier alpha value is -2.95. The van der Waals surface area contributed by atoms with Crippen LogP contribution in [0.1, 0.15) is 21.5 Å². The second kappa shape index (κ2) is 6.67. The van der Waals surface area contributed by atoms with Crippen molar-refractivity contribution in [3.8, 4) is 0 Å². The van der Waals surface area contributed by atoms with Gasteiger partial charge in [0.05, 0.1) is 6.54 Å². The van der Waals surface area contributed by atoms with E-state index in [0.717, 1.165) is 11.1 Å². The van der Waals surface area contributed by atoms with Crippen LogP contribution in [0.2, 0.25) is 0 Å². The first kappa shape index (κ1) is 14.0. The first-order chi connectivity index (χ1) is 10.8. The number of benzene rings is 2. The first-order valence-corrected chi connectivity index (χ1v) is 7.05. The zero-order chi connectivity index (χ0) is 15.2. The molecule has 0 saturated heterocycles. The molecule has 1 amide bonds. The summed E-state index contributed by atoms with van der Waals surface area (Å²) in [6.07, 6.45) is 3.21. The molecule has 0 unspecified atom stereocenters. The molecule has 1 heterocycles. The molecule has 0 fully saturated rings. The summed E-state index contributed by atoms with van der Waals surface area (Å²) < 4.78 is 1.77. The number of hydrogen-bond acceptors (Lipinski definition) is 3. The molecule has 5 heteroatoms. The smallest absolute Gasteiger partial charge is 0.251 e. The van der Waals surface area contributed by atoms with Gasteiger partial charge in [0, 0.05) is 12.1 Å². The molecule has 0 aliphatic carbocycles. The van der Waals surface area contributed by atoms with E-state index in [1.165, 1.54) is 6.33 Å². The fourth-order valence-electron chi connectivity index (χ4n) is 2.14. The SMILES string of the molecule is O=C(NCc1ccc(Cn2cncn2)cc1)c1ccccc1. The number of aromatic nitrogens is 3. The minimum Gasteiger partial charge on any atom is -0.348 e. The van der Waals surface area contributed by atoms with Gasteiger partial charge < -0.3 is 5.32 Å². The lowest BCUT2D eigenvalue weighted by Crippen LogP contribution is -2.22. The van der Waals surface area contributed by atoms with E-state index in [1.54, 1.807) is 23.1 Å². The Balaban J connectivity index is 1.56. The van der Waals surface area contributed by atoms with Crippen LogP contribution in [0.4, 0.5) is 0 Å². The van der Waals surface area contributed by atoms with Crippen molar-refractivity contribution in [2.24, 2.45) is 0 Å². The van der Waals surface area contributed by atoms with E-state index < -0.39 is 0 Å². The molecule has 0 saturated carbocycles. The van der Waals surface area contributed by atoms with Gasteiger partial charge in [-0.1, -0.05) is 42.5 Å². The number of carbonyl (C=O) groups excluding carboxylic acids is 1. The van der Waals surface area contributed by atoms with Crippen LogP contribution in [0.5, 0.6) is 0 Å². The molecule has 110 valence electrons. The van der Waals surface area contributed by atoms with E-state index in [4.69, 9.17) is 0 Å². The van der Waals surface area contributed by atoms with Gasteiger partial charge in [0.15, 0.2) is 0 Å². The van der Waals surface area contributed by atoms with Crippen LogP contribution >= 0.6 is 0 Å². The summed E-state index contributed by atoms with van der Waals surface area (Å²) in [6, 6.07) is 17.3. The molecule has 5 nitrogen and oxygen atoms in total. The van der Waals surface area contributed by atoms with Crippen molar-refractivity contribution in [3.05, 3.63) is 83.9 Å². The van der Waals surface area contributed by atoms with Crippen LogP contribution < -0.4 is 5.32 Å². The maximum Gasteiger partial charge on any atom is 0.251 e. The second-order valence-electron chi connectivity index (χ2n) is 4.96. The van der Waals surface area contributed by atoms with Gasteiger partial charge in [0.2, 0.25) is 0 Å². The normalized spacial score (nSPS) is 10.4. The van der Waals surface area contributed by atoms with E-state index in [0.29, 0.717) is 18.7 Å². The summed E-state index contributed by atoms with van der Waals surface area (Å²) in [5.41, 5.74) is 2.88. The van der Waals surface area contributed by atoms with Crippen molar-refractivity contribution < 1.29 is 4.79 Å². The zero-order valence-corrected chi connectivity index (χ0v) is 12.0. The van der Waals surface area contributed by atoms with E-state index in [2.05, 4.69) is 15.4 Å². The average Bonchev–Trinajstić information content (AvgIpc) is 3.08. The largest absolute Gasteiger partial charge is 0.348 e. The average molecular weight is 292 g/mol. The predicted octanol–water partition coefficient (Wildman–Crippen LogP) is 2.26. The monoisotopic (exact) mass is 292 g/mol. The quantitative estimate of drug-likeness (QED) is 0.784. The van der Waals surface area contributed by atoms with Crippen LogP contribution in [0.3, 0.4) is 0 Å². The van der Waals surface area contributed by atoms with Gasteiger partial charge in [-0.2, -0.15) is 5.10 Å². The number of carbonyl (C=O) groups is 1. The molecular weight excluding hydrogens is 276 g/mol. The highest BCUT2D eigenvalue weighted by molar-refractivity contribution is 5.94. The molecule has 0 aliphatic heterocycles. The van der Waals surface area contributed by atoms with Crippen molar-refractivity contribution in [3.63, 3.8) is 0 Å². The summed E-state index contributed by atoms with van der Waals surface area (Å²) in [5.74, 6) is -0.0627. The topological polar surface area (TPSA) is 59.8 Å². The fourth-order valence-corrected chi connectivity index (χ4v) is 2.14. The summed E-state index contributed by atoms with van der Waals surface area (Å²) >= 11 is 0. The second-order valence-corrected chi connectivity index (χ2v) is 4.96. The van der Waals surface area contributed by atoms with Gasteiger partial charge in [0.1, 0.15) is 12.7 Å². The predicted molar refractivity (Wildman–Crippen MR) is 83.2 cm³/mol. The minimum atomic E-state index is -0.0627. The molecular formula is C17H16N4O. The van der Waals surface area contributed by atoms with Crippen LogP contribution in [0.15, 0.2) is 67.3 Å². The summed E-state index contributed by atoms with van der Waals surface area (Å²) in [4.78, 5) is 15.9. The molecule has 2 aromatic carbocycles. The Bertz CT molecular complexity index is 721. The third-order valence-electron chi connectivity index (χ3n) is 3.32. The van der Waals surface area contributed by atoms with Crippen molar-refractivity contribution in [1.82, 2.24) is 20.1 Å². The van der Waals surface area contributed by atoms with Gasteiger partial charge in [-0.05, 0) is 23.3 Å². The Morgan fingerprint density at radius 1 is 1.00 bits per heavy atom. The van der Waals surface area contributed by atoms with Gasteiger partial charge in [0.25, 0.3) is 5.91 Å². The number of rotatable bonds is 5. The van der Waals surface area contributed by atoms with Crippen molar-refractivity contribution >= 4 is 5.91 Å². The maximum absolute atomic E-state index is 12.0. The number of nitrogens with zero attached hydrogens (tertiary/aromatic N) is 3. The van der Waals surface area contributed by atoms with Crippen LogP contribution in [-0.4, -0.2) is 20.7 Å². The van der Waals surface area contributed by atoms with E-state index in [9.17, 15) is 4.79 Å². The lowest BCUT2D eigenvalue weighted by Gasteiger charge is -2.07. The number of hydrogen-bond donors (Lipinski definition) is 1. The van der Waals surface area contributed by atoms with E-state index >= 15 is 0 Å². The lowest BCUT2D eigenvalue weighted by molar-refractivity contribution is 0.0951. The molecule has 0 atom stereocenters. The maximum atomic E-state index is 12.0. The number of nitrogens with one attached hydrogen (secondary N) is 1. The highest BCUT2D eigenvalue weighted by atomic mass is 16.1. The third-order valence-corrected chi connectivity index (χ3v) is 3.32. The standard InChI is InChI=1S/C17H16N4O/c22-17(16-4-2-1-3-5-16)19-10-14-6-8-15(9-7-14)11-21-13-18-12-20-21/h1-9,12-13H,10-11H2,(H,19,22). The molecule has 3 rings (SSSR count). The zero-order valence-electron chi connectivity index (χ0n) is 12.0. The Labute approximate surface area is 128 Å². The third kappa shape index (κ3) is 3.58. The molecule has 1 aromatic heterocycles. The van der Waals surface area contributed by atoms with E-state index in [-0.39, 0.29) is 5.91 Å². The molecule has 3 aromatic rings. The van der Waals surface area contributed by atoms with Crippen LogP contribution in [-0.2, 0) is 13.1 Å². The highest BCUT2D eigenvalue weighted by Gasteiger charge is 2.04. The fraction of sp³-hybridized carbons (Fsp3) is 0.118. The Kier molecular flexibility index (Phi) is 4.25. The first-order valence-electron chi connectivity index (χ1n) is 7.05. The molecule has 22 heavy (non-hydrogen) atoms. The van der Waals surface area contributed by atoms with Crippen LogP contribution in [0, 0.1) is 0 Å². The van der Waals surface area contributed by atoms with Gasteiger partial charge in [-0.3, -0.25) is 4.79 Å². The summed E-state index contributed by atoms with van der Waals surface area (Å²) in [6.45, 7) is 1.20. The molecule has 0 bridgehead atoms. The number of amides is 1. The molecule has 0 radical (unpaired) electrons. The minimum absolute atomic E-state index is 0.0627. The highest BCUT2D eigenvalue weighted by Crippen LogP contribution is 2.06. The van der Waals surface area contributed by atoms with Gasteiger partial charge in [-0.25, -0.2) is 9.67 Å². The van der Waals surface area contributed by atoms with E-state index in [1.807, 2.05) is 42.5 Å². The Morgan fingerprint density at radius 3 is 2.41 bits per heavy atom. The van der Waals surface area contributed by atoms with Crippen molar-refractivity contribution in [1.29, 1.82) is 0 Å². The van der Waals surface area contributed by atoms with Crippen molar-refractivity contribution in [2.75, 3.05) is 0 Å². The van der Waals surface area contributed by atoms with Crippen LogP contribution in [0.25, 0.3) is 0 Å². The lowest BCUT2D eigenvalue weighted by atomic mass is 10.1. The van der Waals surface area contributed by atoms with Gasteiger partial charge >= 0.3 is 0 Å². The van der Waals surface area contributed by atoms with Gasteiger partial charge in [-0.15, -0.1) is 0 Å². The summed E-state index contributed by atoms with van der Waals surface area (Å²) in [7, 11) is 0. The molecule has 1 N–H and O–H groups in total. The summed E-state index contributed by atoms with van der Waals surface area (Å²) in [5, 5.41) is 6.99. The molecule has 0 spiro atoms. The molecule has 0 aliphatic rings. The van der Waals surface area contributed by atoms with Crippen molar-refractivity contribution in [2.45, 2.75) is 13.1 Å².